The summed E-state index contributed by atoms with van der Waals surface area (Å²) in [6.07, 6.45) is 2.75. The summed E-state index contributed by atoms with van der Waals surface area (Å²) in [5.41, 5.74) is 0.572. The van der Waals surface area contributed by atoms with E-state index >= 15 is 0 Å². The van der Waals surface area contributed by atoms with Gasteiger partial charge >= 0.3 is 0 Å². The van der Waals surface area contributed by atoms with E-state index in [1.807, 2.05) is 6.92 Å². The minimum Gasteiger partial charge on any atom is -0.325 e. The lowest BCUT2D eigenvalue weighted by molar-refractivity contribution is 0.524. The fourth-order valence-corrected chi connectivity index (χ4v) is 3.23. The molecule has 0 saturated heterocycles. The molecule has 0 spiro atoms. The Kier molecular flexibility index (Phi) is 5.32. The van der Waals surface area contributed by atoms with Crippen LogP contribution in [0.3, 0.4) is 0 Å². The van der Waals surface area contributed by atoms with Crippen molar-refractivity contribution in [2.24, 2.45) is 0 Å². The third-order valence-corrected chi connectivity index (χ3v) is 4.37. The van der Waals surface area contributed by atoms with Gasteiger partial charge in [0.2, 0.25) is 0 Å². The van der Waals surface area contributed by atoms with Crippen LogP contribution in [0.4, 0.5) is 8.78 Å². The molecule has 2 aromatic rings. The molecule has 3 nitrogen and oxygen atoms in total. The molecule has 0 aliphatic heterocycles. The normalized spacial score (nSPS) is 14.5. The Hall–Kier alpha value is -1.01. The van der Waals surface area contributed by atoms with Gasteiger partial charge in [-0.2, -0.15) is 0 Å². The maximum atomic E-state index is 13.9. The second-order valence-electron chi connectivity index (χ2n) is 5.01. The summed E-state index contributed by atoms with van der Waals surface area (Å²) in [7, 11) is -0.909. The monoisotopic (exact) mass is 334 g/mol. The first-order valence-corrected chi connectivity index (χ1v) is 8.92. The van der Waals surface area contributed by atoms with Crippen molar-refractivity contribution in [1.82, 2.24) is 9.55 Å². The van der Waals surface area contributed by atoms with E-state index in [1.54, 1.807) is 10.8 Å². The van der Waals surface area contributed by atoms with Crippen molar-refractivity contribution in [1.29, 1.82) is 0 Å². The first-order chi connectivity index (χ1) is 9.93. The van der Waals surface area contributed by atoms with Crippen LogP contribution >= 0.6 is 11.6 Å². The summed E-state index contributed by atoms with van der Waals surface area (Å²) in [6.45, 7) is 1.93. The smallest absolute Gasteiger partial charge is 0.153 e. The number of alkyl halides is 1. The number of hydrogen-bond acceptors (Lipinski definition) is 2. The van der Waals surface area contributed by atoms with Gasteiger partial charge < -0.3 is 4.57 Å². The average Bonchev–Trinajstić information content (AvgIpc) is 2.75. The van der Waals surface area contributed by atoms with E-state index in [0.717, 1.165) is 6.07 Å². The van der Waals surface area contributed by atoms with Gasteiger partial charge in [-0.1, -0.05) is 0 Å². The quantitative estimate of drug-likeness (QED) is 0.759. The molecular formula is C14H17ClF2N2OS. The molecule has 0 fully saturated rings. The summed E-state index contributed by atoms with van der Waals surface area (Å²) < 4.78 is 40.4. The van der Waals surface area contributed by atoms with Crippen LogP contribution in [0.5, 0.6) is 0 Å². The van der Waals surface area contributed by atoms with Crippen LogP contribution in [-0.4, -0.2) is 31.6 Å². The van der Waals surface area contributed by atoms with Crippen molar-refractivity contribution < 1.29 is 13.0 Å². The van der Waals surface area contributed by atoms with Crippen LogP contribution in [0.1, 0.15) is 25.2 Å². The number of benzene rings is 1. The summed E-state index contributed by atoms with van der Waals surface area (Å²) >= 11 is 5.77. The van der Waals surface area contributed by atoms with Crippen LogP contribution in [-0.2, 0) is 17.2 Å². The van der Waals surface area contributed by atoms with E-state index in [9.17, 15) is 13.0 Å². The molecule has 1 aromatic heterocycles. The highest BCUT2D eigenvalue weighted by molar-refractivity contribution is 7.84. The Labute approximate surface area is 129 Å². The van der Waals surface area contributed by atoms with E-state index in [1.165, 1.54) is 6.07 Å². The minimum atomic E-state index is -0.909. The second-order valence-corrected chi connectivity index (χ2v) is 6.94. The molecule has 0 saturated carbocycles. The summed E-state index contributed by atoms with van der Waals surface area (Å²) in [4.78, 5) is 4.25. The molecule has 1 heterocycles. The van der Waals surface area contributed by atoms with Gasteiger partial charge in [-0.3, -0.25) is 4.21 Å². The third kappa shape index (κ3) is 3.61. The number of fused-ring (bicyclic) bond motifs is 1. The van der Waals surface area contributed by atoms with Crippen LogP contribution in [0.25, 0.3) is 11.0 Å². The topological polar surface area (TPSA) is 34.9 Å². The molecule has 2 unspecified atom stereocenters. The number of aryl methyl sites for hydroxylation is 1. The number of imidazole rings is 1. The number of nitrogens with zero attached hydrogens (tertiary/aromatic N) is 2. The van der Waals surface area contributed by atoms with Gasteiger partial charge in [0, 0.05) is 47.2 Å². The van der Waals surface area contributed by atoms with Gasteiger partial charge in [0.1, 0.15) is 17.2 Å². The highest BCUT2D eigenvalue weighted by Gasteiger charge is 2.19. The lowest BCUT2D eigenvalue weighted by atomic mass is 10.2. The van der Waals surface area contributed by atoms with E-state index in [-0.39, 0.29) is 11.6 Å². The van der Waals surface area contributed by atoms with Crippen molar-refractivity contribution in [3.8, 4) is 0 Å². The van der Waals surface area contributed by atoms with Gasteiger partial charge in [0.25, 0.3) is 0 Å². The molecule has 2 rings (SSSR count). The summed E-state index contributed by atoms with van der Waals surface area (Å²) in [5, 5.41) is 0. The number of aromatic nitrogens is 2. The molecule has 7 heteroatoms. The summed E-state index contributed by atoms with van der Waals surface area (Å²) in [6, 6.07) is 2.05. The van der Waals surface area contributed by atoms with Gasteiger partial charge in [0.15, 0.2) is 5.82 Å². The van der Waals surface area contributed by atoms with Crippen molar-refractivity contribution in [3.63, 3.8) is 0 Å². The molecule has 0 amide bonds. The molecular weight excluding hydrogens is 318 g/mol. The van der Waals surface area contributed by atoms with Crippen LogP contribution < -0.4 is 0 Å². The van der Waals surface area contributed by atoms with E-state index < -0.39 is 22.4 Å². The van der Waals surface area contributed by atoms with E-state index in [0.29, 0.717) is 35.8 Å². The van der Waals surface area contributed by atoms with Gasteiger partial charge in [-0.15, -0.1) is 11.6 Å². The average molecular weight is 335 g/mol. The zero-order valence-corrected chi connectivity index (χ0v) is 13.5. The molecule has 116 valence electrons. The number of rotatable bonds is 6. The Bertz CT molecular complexity index is 675. The van der Waals surface area contributed by atoms with Gasteiger partial charge in [0.05, 0.1) is 5.52 Å². The van der Waals surface area contributed by atoms with Crippen molar-refractivity contribution in [2.75, 3.05) is 17.9 Å². The molecule has 2 atom stereocenters. The largest absolute Gasteiger partial charge is 0.325 e. The van der Waals surface area contributed by atoms with Gasteiger partial charge in [-0.05, 0) is 19.4 Å². The van der Waals surface area contributed by atoms with Crippen molar-refractivity contribution in [2.45, 2.75) is 25.8 Å². The zero-order valence-electron chi connectivity index (χ0n) is 11.9. The first-order valence-electron chi connectivity index (χ1n) is 6.66. The maximum absolute atomic E-state index is 13.9. The third-order valence-electron chi connectivity index (χ3n) is 3.37. The second kappa shape index (κ2) is 6.83. The number of hydrogen-bond donors (Lipinski definition) is 0. The van der Waals surface area contributed by atoms with Crippen LogP contribution in [0.15, 0.2) is 12.1 Å². The lowest BCUT2D eigenvalue weighted by Gasteiger charge is -2.17. The van der Waals surface area contributed by atoms with Crippen LogP contribution in [0.2, 0.25) is 0 Å². The Morgan fingerprint density at radius 3 is 2.76 bits per heavy atom. The highest BCUT2D eigenvalue weighted by Crippen LogP contribution is 2.26. The molecule has 0 N–H and O–H groups in total. The predicted molar refractivity (Wildman–Crippen MR) is 82.3 cm³/mol. The zero-order chi connectivity index (χ0) is 15.6. The molecule has 0 bridgehead atoms. The fraction of sp³-hybridized carbons (Fsp3) is 0.500. The Morgan fingerprint density at radius 1 is 1.43 bits per heavy atom. The standard InChI is InChI=1S/C14H17ClF2N2OS/c1-9(4-6-21(2)20)19-12-8-10(16)7-11(17)14(12)18-13(19)3-5-15/h7-9H,3-6H2,1-2H3. The van der Waals surface area contributed by atoms with Crippen molar-refractivity contribution >= 4 is 33.4 Å². The number of halogens is 3. The van der Waals surface area contributed by atoms with Crippen molar-refractivity contribution in [3.05, 3.63) is 29.6 Å². The Morgan fingerprint density at radius 2 is 2.14 bits per heavy atom. The van der Waals surface area contributed by atoms with E-state index in [2.05, 4.69) is 4.98 Å². The fourth-order valence-electron chi connectivity index (χ4n) is 2.39. The minimum absolute atomic E-state index is 0.0571. The molecule has 21 heavy (non-hydrogen) atoms. The SMILES string of the molecule is CC(CCS(C)=O)n1c(CCCl)nc2c(F)cc(F)cc21. The molecule has 0 radical (unpaired) electrons. The molecule has 1 aromatic carbocycles. The van der Waals surface area contributed by atoms with E-state index in [4.69, 9.17) is 11.6 Å². The lowest BCUT2D eigenvalue weighted by Crippen LogP contribution is -2.12. The Balaban J connectivity index is 2.52. The van der Waals surface area contributed by atoms with Crippen LogP contribution in [0, 0.1) is 11.6 Å². The molecule has 0 aliphatic carbocycles. The molecule has 0 aliphatic rings. The maximum Gasteiger partial charge on any atom is 0.153 e. The highest BCUT2D eigenvalue weighted by atomic mass is 35.5. The summed E-state index contributed by atoms with van der Waals surface area (Å²) in [5.74, 6) is 0.188. The first kappa shape index (κ1) is 16.4. The van der Waals surface area contributed by atoms with Gasteiger partial charge in [-0.25, -0.2) is 13.8 Å². The predicted octanol–water partition coefficient (Wildman–Crippen LogP) is 3.43.